The minimum atomic E-state index is -0.987. The van der Waals surface area contributed by atoms with Gasteiger partial charge in [0.25, 0.3) is 0 Å². The molecule has 0 bridgehead atoms. The quantitative estimate of drug-likeness (QED) is 0.576. The SMILES string of the molecule is C.COC(=O)[C@H](N)Cc1cnn(C)c1.Cn1cc(C[C@@H](N)C(=O)O)cn1. The number of nitrogens with two attached hydrogens (primary N) is 2. The Morgan fingerprint density at radius 2 is 1.50 bits per heavy atom. The predicted octanol–water partition coefficient (Wildman–Crippen LogP) is -0.526. The summed E-state index contributed by atoms with van der Waals surface area (Å²) in [4.78, 5) is 21.3. The first kappa shape index (κ1) is 23.3. The van der Waals surface area contributed by atoms with Gasteiger partial charge in [-0.15, -0.1) is 0 Å². The number of aliphatic carboxylic acids is 1. The van der Waals surface area contributed by atoms with E-state index in [1.807, 2.05) is 13.2 Å². The van der Waals surface area contributed by atoms with Gasteiger partial charge in [-0.2, -0.15) is 10.2 Å². The van der Waals surface area contributed by atoms with Gasteiger partial charge in [0.05, 0.1) is 19.5 Å². The molecular weight excluding hydrogens is 340 g/mol. The van der Waals surface area contributed by atoms with Crippen molar-refractivity contribution in [2.45, 2.75) is 32.4 Å². The van der Waals surface area contributed by atoms with Gasteiger partial charge in [-0.25, -0.2) is 0 Å². The lowest BCUT2D eigenvalue weighted by Crippen LogP contribution is -2.33. The summed E-state index contributed by atoms with van der Waals surface area (Å²) in [6, 6.07) is -1.44. The van der Waals surface area contributed by atoms with Gasteiger partial charge in [-0.05, 0) is 11.1 Å². The molecule has 0 aliphatic heterocycles. The van der Waals surface area contributed by atoms with E-state index in [0.717, 1.165) is 11.1 Å². The van der Waals surface area contributed by atoms with E-state index >= 15 is 0 Å². The zero-order valence-electron chi connectivity index (χ0n) is 14.5. The van der Waals surface area contributed by atoms with E-state index in [4.69, 9.17) is 16.6 Å². The van der Waals surface area contributed by atoms with Crippen molar-refractivity contribution in [2.24, 2.45) is 25.6 Å². The van der Waals surface area contributed by atoms with Gasteiger partial charge in [-0.3, -0.25) is 19.0 Å². The van der Waals surface area contributed by atoms with E-state index in [9.17, 15) is 9.59 Å². The Morgan fingerprint density at radius 3 is 1.81 bits per heavy atom. The molecule has 0 amide bonds. The molecule has 0 fully saturated rings. The average molecular weight is 368 g/mol. The standard InChI is InChI=1S/C8H13N3O2.C7H11N3O2.CH4/c1-11-5-6(4-10-11)3-7(9)8(12)13-2;1-10-4-5(3-9-10)2-6(8)7(11)12;/h4-5,7H,3,9H2,1-2H3;3-4,6H,2,8H2,1H3,(H,11,12);1H4/t7-;6-;/m11./s1. The molecule has 5 N–H and O–H groups in total. The highest BCUT2D eigenvalue weighted by molar-refractivity contribution is 5.75. The third kappa shape index (κ3) is 7.90. The molecule has 0 saturated heterocycles. The van der Waals surface area contributed by atoms with E-state index in [1.165, 1.54) is 7.11 Å². The number of esters is 1. The third-order valence-corrected chi connectivity index (χ3v) is 3.25. The van der Waals surface area contributed by atoms with Crippen LogP contribution < -0.4 is 11.5 Å². The lowest BCUT2D eigenvalue weighted by atomic mass is 10.1. The van der Waals surface area contributed by atoms with Crippen LogP contribution in [-0.2, 0) is 41.3 Å². The molecule has 0 spiro atoms. The maximum absolute atomic E-state index is 10.9. The molecule has 26 heavy (non-hydrogen) atoms. The third-order valence-electron chi connectivity index (χ3n) is 3.25. The number of carboxylic acid groups (broad SMARTS) is 1. The highest BCUT2D eigenvalue weighted by Gasteiger charge is 2.14. The van der Waals surface area contributed by atoms with Gasteiger partial charge in [-0.1, -0.05) is 7.43 Å². The van der Waals surface area contributed by atoms with Crippen molar-refractivity contribution in [3.05, 3.63) is 35.9 Å². The largest absolute Gasteiger partial charge is 0.480 e. The van der Waals surface area contributed by atoms with Crippen LogP contribution in [0.3, 0.4) is 0 Å². The van der Waals surface area contributed by atoms with Gasteiger partial charge < -0.3 is 21.3 Å². The first-order valence-corrected chi connectivity index (χ1v) is 7.49. The van der Waals surface area contributed by atoms with Crippen molar-refractivity contribution < 1.29 is 19.4 Å². The molecule has 2 aromatic rings. The van der Waals surface area contributed by atoms with Gasteiger partial charge in [0.1, 0.15) is 12.1 Å². The Kier molecular flexibility index (Phi) is 9.85. The van der Waals surface area contributed by atoms with Crippen LogP contribution in [-0.4, -0.2) is 55.8 Å². The number of nitrogens with zero attached hydrogens (tertiary/aromatic N) is 4. The summed E-state index contributed by atoms with van der Waals surface area (Å²) in [6.45, 7) is 0. The second kappa shape index (κ2) is 11.0. The van der Waals surface area contributed by atoms with Crippen LogP contribution >= 0.6 is 0 Å². The van der Waals surface area contributed by atoms with Crippen molar-refractivity contribution in [3.63, 3.8) is 0 Å². The Morgan fingerprint density at radius 1 is 1.08 bits per heavy atom. The summed E-state index contributed by atoms with van der Waals surface area (Å²) in [7, 11) is 4.91. The van der Waals surface area contributed by atoms with Crippen molar-refractivity contribution in [1.29, 1.82) is 0 Å². The maximum Gasteiger partial charge on any atom is 0.322 e. The fourth-order valence-corrected chi connectivity index (χ4v) is 1.98. The van der Waals surface area contributed by atoms with Crippen molar-refractivity contribution in [3.8, 4) is 0 Å². The fraction of sp³-hybridized carbons (Fsp3) is 0.500. The van der Waals surface area contributed by atoms with Gasteiger partial charge >= 0.3 is 11.9 Å². The summed E-state index contributed by atoms with van der Waals surface area (Å²) in [6.07, 6.45) is 7.65. The molecule has 10 nitrogen and oxygen atoms in total. The van der Waals surface area contributed by atoms with Crippen LogP contribution in [0.4, 0.5) is 0 Å². The number of aryl methyl sites for hydroxylation is 2. The predicted molar refractivity (Wildman–Crippen MR) is 96.2 cm³/mol. The van der Waals surface area contributed by atoms with E-state index in [0.29, 0.717) is 12.8 Å². The highest BCUT2D eigenvalue weighted by atomic mass is 16.5. The summed E-state index contributed by atoms with van der Waals surface area (Å²) in [5.41, 5.74) is 12.6. The van der Waals surface area contributed by atoms with Crippen LogP contribution in [0.2, 0.25) is 0 Å². The van der Waals surface area contributed by atoms with Crippen molar-refractivity contribution in [1.82, 2.24) is 19.6 Å². The van der Waals surface area contributed by atoms with Crippen molar-refractivity contribution in [2.75, 3.05) is 7.11 Å². The molecular formula is C16H28N6O4. The summed E-state index contributed by atoms with van der Waals surface area (Å²) in [5, 5.41) is 16.4. The molecule has 2 heterocycles. The van der Waals surface area contributed by atoms with E-state index in [2.05, 4.69) is 14.9 Å². The number of carboxylic acids is 1. The van der Waals surface area contributed by atoms with E-state index in [-0.39, 0.29) is 7.43 Å². The van der Waals surface area contributed by atoms with Crippen LogP contribution in [0.1, 0.15) is 18.6 Å². The smallest absolute Gasteiger partial charge is 0.322 e. The summed E-state index contributed by atoms with van der Waals surface area (Å²) >= 11 is 0. The molecule has 0 saturated carbocycles. The van der Waals surface area contributed by atoms with Crippen LogP contribution in [0.25, 0.3) is 0 Å². The van der Waals surface area contributed by atoms with Crippen LogP contribution in [0.5, 0.6) is 0 Å². The maximum atomic E-state index is 10.9. The monoisotopic (exact) mass is 368 g/mol. The Hall–Kier alpha value is -2.72. The number of hydrogen-bond donors (Lipinski definition) is 3. The lowest BCUT2D eigenvalue weighted by Gasteiger charge is -2.06. The molecule has 2 atom stereocenters. The fourth-order valence-electron chi connectivity index (χ4n) is 1.98. The lowest BCUT2D eigenvalue weighted by molar-refractivity contribution is -0.142. The van der Waals surface area contributed by atoms with E-state index < -0.39 is 24.0 Å². The van der Waals surface area contributed by atoms with Gasteiger partial charge in [0, 0.05) is 39.3 Å². The molecule has 0 unspecified atom stereocenters. The molecule has 0 aliphatic rings. The van der Waals surface area contributed by atoms with Crippen molar-refractivity contribution >= 4 is 11.9 Å². The zero-order valence-corrected chi connectivity index (χ0v) is 14.5. The minimum absolute atomic E-state index is 0. The van der Waals surface area contributed by atoms with Gasteiger partial charge in [0.2, 0.25) is 0 Å². The second-order valence-electron chi connectivity index (χ2n) is 5.53. The highest BCUT2D eigenvalue weighted by Crippen LogP contribution is 2.01. The molecule has 2 aromatic heterocycles. The molecule has 0 aliphatic carbocycles. The van der Waals surface area contributed by atoms with Gasteiger partial charge in [0.15, 0.2) is 0 Å². The van der Waals surface area contributed by atoms with Crippen LogP contribution in [0.15, 0.2) is 24.8 Å². The molecule has 10 heteroatoms. The number of carbonyl (C=O) groups excluding carboxylic acids is 1. The zero-order chi connectivity index (χ0) is 19.0. The summed E-state index contributed by atoms with van der Waals surface area (Å²) < 4.78 is 7.78. The Bertz CT molecular complexity index is 696. The first-order valence-electron chi connectivity index (χ1n) is 7.49. The minimum Gasteiger partial charge on any atom is -0.480 e. The summed E-state index contributed by atoms with van der Waals surface area (Å²) in [5.74, 6) is -1.39. The molecule has 146 valence electrons. The second-order valence-corrected chi connectivity index (χ2v) is 5.53. The molecule has 0 radical (unpaired) electrons. The number of hydrogen-bond acceptors (Lipinski definition) is 7. The molecule has 0 aromatic carbocycles. The Labute approximate surface area is 152 Å². The first-order chi connectivity index (χ1) is 11.7. The topological polar surface area (TPSA) is 151 Å². The number of ether oxygens (including phenoxy) is 1. The number of carbonyl (C=O) groups is 2. The number of aromatic nitrogens is 4. The number of rotatable bonds is 6. The average Bonchev–Trinajstić information content (AvgIpc) is 3.15. The molecule has 2 rings (SSSR count). The normalized spacial score (nSPS) is 12.2. The van der Waals surface area contributed by atoms with Crippen LogP contribution in [0, 0.1) is 0 Å². The van der Waals surface area contributed by atoms with E-state index in [1.54, 1.807) is 35.0 Å². The number of methoxy groups -OCH3 is 1. The Balaban J connectivity index is 0.000000464.